The minimum absolute atomic E-state index is 0.100. The van der Waals surface area contributed by atoms with Crippen LogP contribution in [-0.2, 0) is 4.74 Å². The standard InChI is InChI=1S/C17H16O6/c1-21-17-15(14(18)12-7-2-3-8-13(12)23-17)22-11-6-4-5-10(9-11)16(19)20/h2-9,14-15,17-18H,1H3,(H,19,20). The van der Waals surface area contributed by atoms with E-state index >= 15 is 0 Å². The summed E-state index contributed by atoms with van der Waals surface area (Å²) in [5.41, 5.74) is 0.697. The molecule has 3 rings (SSSR count). The number of benzene rings is 2. The SMILES string of the molecule is COC1Oc2ccccc2C(O)C1Oc1cccc(C(=O)O)c1. The van der Waals surface area contributed by atoms with Crippen molar-refractivity contribution in [3.05, 3.63) is 59.7 Å². The molecule has 3 unspecified atom stereocenters. The number of carboxylic acid groups (broad SMARTS) is 1. The first-order valence-corrected chi connectivity index (χ1v) is 7.06. The number of aromatic carboxylic acids is 1. The Morgan fingerprint density at radius 3 is 2.70 bits per heavy atom. The molecule has 0 fully saturated rings. The van der Waals surface area contributed by atoms with Crippen LogP contribution in [0.15, 0.2) is 48.5 Å². The summed E-state index contributed by atoms with van der Waals surface area (Å²) in [6.45, 7) is 0. The summed E-state index contributed by atoms with van der Waals surface area (Å²) < 4.78 is 16.7. The normalized spacial score (nSPS) is 22.8. The summed E-state index contributed by atoms with van der Waals surface area (Å²) in [4.78, 5) is 11.0. The molecule has 1 aliphatic heterocycles. The largest absolute Gasteiger partial charge is 0.481 e. The number of carboxylic acids is 1. The first-order valence-electron chi connectivity index (χ1n) is 7.06. The van der Waals surface area contributed by atoms with Crippen molar-refractivity contribution in [2.75, 3.05) is 7.11 Å². The number of hydrogen-bond donors (Lipinski definition) is 2. The number of hydrogen-bond acceptors (Lipinski definition) is 5. The van der Waals surface area contributed by atoms with Crippen LogP contribution in [0.4, 0.5) is 0 Å². The monoisotopic (exact) mass is 316 g/mol. The first kappa shape index (κ1) is 15.3. The molecular weight excluding hydrogens is 300 g/mol. The number of ether oxygens (including phenoxy) is 3. The lowest BCUT2D eigenvalue weighted by Gasteiger charge is -2.36. The third kappa shape index (κ3) is 2.99. The van der Waals surface area contributed by atoms with Crippen LogP contribution in [-0.4, -0.2) is 35.7 Å². The van der Waals surface area contributed by atoms with Crippen molar-refractivity contribution >= 4 is 5.97 Å². The van der Waals surface area contributed by atoms with E-state index in [1.165, 1.54) is 19.2 Å². The van der Waals surface area contributed by atoms with Crippen molar-refractivity contribution in [1.29, 1.82) is 0 Å². The van der Waals surface area contributed by atoms with Crippen LogP contribution in [0.2, 0.25) is 0 Å². The number of fused-ring (bicyclic) bond motifs is 1. The molecule has 6 nitrogen and oxygen atoms in total. The van der Waals surface area contributed by atoms with Gasteiger partial charge in [-0.2, -0.15) is 0 Å². The van der Waals surface area contributed by atoms with Gasteiger partial charge in [-0.3, -0.25) is 0 Å². The van der Waals surface area contributed by atoms with Gasteiger partial charge in [-0.1, -0.05) is 24.3 Å². The highest BCUT2D eigenvalue weighted by Crippen LogP contribution is 2.37. The van der Waals surface area contributed by atoms with E-state index in [1.807, 2.05) is 0 Å². The summed E-state index contributed by atoms with van der Waals surface area (Å²) in [6.07, 6.45) is -2.59. The fraction of sp³-hybridized carbons (Fsp3) is 0.235. The number of methoxy groups -OCH3 is 1. The molecule has 0 spiro atoms. The third-order valence-corrected chi connectivity index (χ3v) is 3.65. The van der Waals surface area contributed by atoms with Gasteiger partial charge in [0, 0.05) is 12.7 Å². The number of para-hydroxylation sites is 1. The zero-order valence-corrected chi connectivity index (χ0v) is 12.4. The predicted octanol–water partition coefficient (Wildman–Crippen LogP) is 2.23. The van der Waals surface area contributed by atoms with Gasteiger partial charge in [-0.15, -0.1) is 0 Å². The average Bonchev–Trinajstić information content (AvgIpc) is 2.57. The van der Waals surface area contributed by atoms with Gasteiger partial charge >= 0.3 is 5.97 Å². The Balaban J connectivity index is 1.89. The molecule has 0 aliphatic carbocycles. The van der Waals surface area contributed by atoms with Crippen LogP contribution in [0.5, 0.6) is 11.5 Å². The Bertz CT molecular complexity index is 714. The van der Waals surface area contributed by atoms with Crippen LogP contribution < -0.4 is 9.47 Å². The van der Waals surface area contributed by atoms with Crippen molar-refractivity contribution in [2.24, 2.45) is 0 Å². The molecule has 1 aliphatic rings. The molecule has 0 radical (unpaired) electrons. The fourth-order valence-corrected chi connectivity index (χ4v) is 2.51. The van der Waals surface area contributed by atoms with E-state index in [9.17, 15) is 9.90 Å². The van der Waals surface area contributed by atoms with Gasteiger partial charge in [-0.25, -0.2) is 4.79 Å². The number of rotatable bonds is 4. The second-order valence-electron chi connectivity index (χ2n) is 5.12. The molecular formula is C17H16O6. The Morgan fingerprint density at radius 1 is 1.17 bits per heavy atom. The lowest BCUT2D eigenvalue weighted by molar-refractivity contribution is -0.165. The van der Waals surface area contributed by atoms with E-state index in [1.54, 1.807) is 36.4 Å². The second kappa shape index (κ2) is 6.28. The molecule has 3 atom stereocenters. The fourth-order valence-electron chi connectivity index (χ4n) is 2.51. The van der Waals surface area contributed by atoms with E-state index in [2.05, 4.69) is 0 Å². The minimum atomic E-state index is -1.05. The van der Waals surface area contributed by atoms with E-state index in [0.717, 1.165) is 0 Å². The summed E-state index contributed by atoms with van der Waals surface area (Å²) in [6, 6.07) is 13.1. The maximum atomic E-state index is 11.0. The van der Waals surface area contributed by atoms with Gasteiger partial charge in [0.2, 0.25) is 6.29 Å². The van der Waals surface area contributed by atoms with Crippen LogP contribution in [0.3, 0.4) is 0 Å². The van der Waals surface area contributed by atoms with Crippen LogP contribution in [0.25, 0.3) is 0 Å². The van der Waals surface area contributed by atoms with Crippen molar-refractivity contribution in [3.8, 4) is 11.5 Å². The molecule has 120 valence electrons. The Kier molecular flexibility index (Phi) is 4.18. The highest BCUT2D eigenvalue weighted by Gasteiger charge is 2.39. The predicted molar refractivity (Wildman–Crippen MR) is 80.6 cm³/mol. The second-order valence-corrected chi connectivity index (χ2v) is 5.12. The number of aliphatic hydroxyl groups excluding tert-OH is 1. The van der Waals surface area contributed by atoms with E-state index < -0.39 is 24.5 Å². The van der Waals surface area contributed by atoms with Gasteiger partial charge in [0.15, 0.2) is 6.10 Å². The van der Waals surface area contributed by atoms with Crippen LogP contribution >= 0.6 is 0 Å². The number of carbonyl (C=O) groups is 1. The summed E-state index contributed by atoms with van der Waals surface area (Å²) >= 11 is 0. The van der Waals surface area contributed by atoms with Crippen molar-refractivity contribution < 1.29 is 29.2 Å². The van der Waals surface area contributed by atoms with E-state index in [0.29, 0.717) is 17.1 Å². The Labute approximate surface area is 132 Å². The van der Waals surface area contributed by atoms with Gasteiger partial charge < -0.3 is 24.4 Å². The highest BCUT2D eigenvalue weighted by molar-refractivity contribution is 5.88. The van der Waals surface area contributed by atoms with Gasteiger partial charge in [0.05, 0.1) is 5.56 Å². The van der Waals surface area contributed by atoms with Gasteiger partial charge in [0.25, 0.3) is 0 Å². The molecule has 6 heteroatoms. The Hall–Kier alpha value is -2.57. The van der Waals surface area contributed by atoms with Crippen LogP contribution in [0, 0.1) is 0 Å². The molecule has 0 saturated heterocycles. The van der Waals surface area contributed by atoms with Gasteiger partial charge in [-0.05, 0) is 24.3 Å². The molecule has 0 amide bonds. The molecule has 2 N–H and O–H groups in total. The minimum Gasteiger partial charge on any atom is -0.481 e. The molecule has 2 aromatic carbocycles. The first-order chi connectivity index (χ1) is 11.1. The molecule has 0 saturated carbocycles. The van der Waals surface area contributed by atoms with Crippen molar-refractivity contribution in [2.45, 2.75) is 18.5 Å². The van der Waals surface area contributed by atoms with E-state index in [-0.39, 0.29) is 5.56 Å². The lowest BCUT2D eigenvalue weighted by Crippen LogP contribution is -2.45. The molecule has 2 aromatic rings. The highest BCUT2D eigenvalue weighted by atomic mass is 16.7. The van der Waals surface area contributed by atoms with Crippen LogP contribution in [0.1, 0.15) is 22.0 Å². The zero-order valence-electron chi connectivity index (χ0n) is 12.4. The zero-order chi connectivity index (χ0) is 16.4. The maximum absolute atomic E-state index is 11.0. The number of aliphatic hydroxyl groups is 1. The molecule has 23 heavy (non-hydrogen) atoms. The van der Waals surface area contributed by atoms with Crippen molar-refractivity contribution in [1.82, 2.24) is 0 Å². The molecule has 0 aromatic heterocycles. The summed E-state index contributed by atoms with van der Waals surface area (Å²) in [5.74, 6) is -0.200. The maximum Gasteiger partial charge on any atom is 0.335 e. The summed E-state index contributed by atoms with van der Waals surface area (Å²) in [7, 11) is 1.45. The van der Waals surface area contributed by atoms with Gasteiger partial charge in [0.1, 0.15) is 17.6 Å². The van der Waals surface area contributed by atoms with Crippen molar-refractivity contribution in [3.63, 3.8) is 0 Å². The third-order valence-electron chi connectivity index (χ3n) is 3.65. The average molecular weight is 316 g/mol. The van der Waals surface area contributed by atoms with E-state index in [4.69, 9.17) is 19.3 Å². The smallest absolute Gasteiger partial charge is 0.335 e. The Morgan fingerprint density at radius 2 is 1.96 bits per heavy atom. The topological polar surface area (TPSA) is 85.2 Å². The molecule has 1 heterocycles. The summed E-state index contributed by atoms with van der Waals surface area (Å²) in [5, 5.41) is 19.6. The molecule has 0 bridgehead atoms. The quantitative estimate of drug-likeness (QED) is 0.900. The lowest BCUT2D eigenvalue weighted by atomic mass is 10.00.